The van der Waals surface area contributed by atoms with Gasteiger partial charge in [0.2, 0.25) is 0 Å². The lowest BCUT2D eigenvalue weighted by Gasteiger charge is -2.32. The van der Waals surface area contributed by atoms with Crippen LogP contribution in [0.3, 0.4) is 0 Å². The molecule has 0 spiro atoms. The van der Waals surface area contributed by atoms with Crippen molar-refractivity contribution in [2.24, 2.45) is 0 Å². The second kappa shape index (κ2) is 8.56. The topological polar surface area (TPSA) is 50.8 Å². The molecule has 1 atom stereocenters. The quantitative estimate of drug-likeness (QED) is 0.808. The first-order valence-electron chi connectivity index (χ1n) is 9.00. The Morgan fingerprint density at radius 1 is 1.35 bits per heavy atom. The Bertz CT molecular complexity index is 759. The first kappa shape index (κ1) is 18.7. The molecule has 2 heterocycles. The standard InChI is InChI=1S/C20H26N2O3S/c1-4-25-18-11-15(5-6-17(18)24-3)20(23)21-12-14(2)22-9-7-19-16(13-22)8-10-26-19/h5-6,8,10-11,14H,4,7,9,12-13H2,1-3H3,(H,21,23). The monoisotopic (exact) mass is 374 g/mol. The molecule has 1 aliphatic heterocycles. The Kier molecular flexibility index (Phi) is 6.16. The van der Waals surface area contributed by atoms with Crippen LogP contribution >= 0.6 is 11.3 Å². The molecule has 0 fully saturated rings. The number of nitrogens with zero attached hydrogens (tertiary/aromatic N) is 1. The highest BCUT2D eigenvalue weighted by Gasteiger charge is 2.22. The molecule has 0 saturated heterocycles. The third-order valence-electron chi connectivity index (χ3n) is 4.74. The summed E-state index contributed by atoms with van der Waals surface area (Å²) in [5.41, 5.74) is 2.01. The molecule has 6 heteroatoms. The highest BCUT2D eigenvalue weighted by molar-refractivity contribution is 7.10. The van der Waals surface area contributed by atoms with Crippen molar-refractivity contribution in [2.75, 3.05) is 26.8 Å². The Morgan fingerprint density at radius 2 is 2.19 bits per heavy atom. The average Bonchev–Trinajstić information content (AvgIpc) is 3.13. The maximum atomic E-state index is 12.5. The van der Waals surface area contributed by atoms with Gasteiger partial charge in [0.15, 0.2) is 11.5 Å². The van der Waals surface area contributed by atoms with E-state index in [1.165, 1.54) is 10.4 Å². The fourth-order valence-electron chi connectivity index (χ4n) is 3.20. The molecular weight excluding hydrogens is 348 g/mol. The van der Waals surface area contributed by atoms with Crippen LogP contribution in [-0.4, -0.2) is 43.7 Å². The zero-order valence-corrected chi connectivity index (χ0v) is 16.4. The summed E-state index contributed by atoms with van der Waals surface area (Å²) in [5, 5.41) is 5.21. The van der Waals surface area contributed by atoms with Crippen LogP contribution in [0.4, 0.5) is 0 Å². The fourth-order valence-corrected chi connectivity index (χ4v) is 4.09. The molecule has 2 aromatic rings. The summed E-state index contributed by atoms with van der Waals surface area (Å²) in [6.07, 6.45) is 1.10. The molecule has 3 rings (SSSR count). The number of methoxy groups -OCH3 is 1. The van der Waals surface area contributed by atoms with Gasteiger partial charge >= 0.3 is 0 Å². The minimum absolute atomic E-state index is 0.0892. The number of hydrogen-bond acceptors (Lipinski definition) is 5. The van der Waals surface area contributed by atoms with E-state index in [4.69, 9.17) is 9.47 Å². The van der Waals surface area contributed by atoms with Gasteiger partial charge in [0, 0.05) is 36.1 Å². The predicted octanol–water partition coefficient (Wildman–Crippen LogP) is 3.33. The van der Waals surface area contributed by atoms with Crippen molar-refractivity contribution in [3.05, 3.63) is 45.6 Å². The van der Waals surface area contributed by atoms with E-state index in [2.05, 4.69) is 28.6 Å². The van der Waals surface area contributed by atoms with Gasteiger partial charge < -0.3 is 14.8 Å². The highest BCUT2D eigenvalue weighted by Crippen LogP contribution is 2.28. The van der Waals surface area contributed by atoms with E-state index >= 15 is 0 Å². The normalized spacial score (nSPS) is 15.2. The molecule has 5 nitrogen and oxygen atoms in total. The number of nitrogens with one attached hydrogen (secondary N) is 1. The van der Waals surface area contributed by atoms with Crippen molar-refractivity contribution in [1.29, 1.82) is 0 Å². The molecule has 1 aromatic heterocycles. The number of hydrogen-bond donors (Lipinski definition) is 1. The lowest BCUT2D eigenvalue weighted by molar-refractivity contribution is 0.0932. The second-order valence-electron chi connectivity index (χ2n) is 6.45. The van der Waals surface area contributed by atoms with Gasteiger partial charge in [-0.1, -0.05) is 0 Å². The molecule has 1 unspecified atom stereocenters. The summed E-state index contributed by atoms with van der Waals surface area (Å²) in [4.78, 5) is 16.4. The second-order valence-corrected chi connectivity index (χ2v) is 7.45. The Hall–Kier alpha value is -2.05. The van der Waals surface area contributed by atoms with E-state index in [0.717, 1.165) is 19.5 Å². The summed E-state index contributed by atoms with van der Waals surface area (Å²) < 4.78 is 10.8. The molecule has 26 heavy (non-hydrogen) atoms. The van der Waals surface area contributed by atoms with Crippen molar-refractivity contribution >= 4 is 17.2 Å². The lowest BCUT2D eigenvalue weighted by atomic mass is 10.1. The van der Waals surface area contributed by atoms with Crippen LogP contribution in [-0.2, 0) is 13.0 Å². The predicted molar refractivity (Wildman–Crippen MR) is 104 cm³/mol. The van der Waals surface area contributed by atoms with Gasteiger partial charge in [-0.15, -0.1) is 11.3 Å². The number of carbonyl (C=O) groups excluding carboxylic acids is 1. The number of rotatable bonds is 7. The molecule has 0 bridgehead atoms. The SMILES string of the molecule is CCOc1cc(C(=O)NCC(C)N2CCc3sccc3C2)ccc1OC. The van der Waals surface area contributed by atoms with E-state index in [1.54, 1.807) is 25.3 Å². The summed E-state index contributed by atoms with van der Waals surface area (Å²) >= 11 is 1.84. The van der Waals surface area contributed by atoms with Crippen LogP contribution in [0.1, 0.15) is 34.6 Å². The van der Waals surface area contributed by atoms with Crippen molar-refractivity contribution < 1.29 is 14.3 Å². The van der Waals surface area contributed by atoms with Crippen molar-refractivity contribution in [2.45, 2.75) is 32.9 Å². The molecule has 140 valence electrons. The van der Waals surface area contributed by atoms with Crippen molar-refractivity contribution in [3.63, 3.8) is 0 Å². The highest BCUT2D eigenvalue weighted by atomic mass is 32.1. The van der Waals surface area contributed by atoms with Crippen LogP contribution in [0.5, 0.6) is 11.5 Å². The van der Waals surface area contributed by atoms with Gasteiger partial charge in [-0.05, 0) is 55.5 Å². The van der Waals surface area contributed by atoms with E-state index in [9.17, 15) is 4.79 Å². The van der Waals surface area contributed by atoms with Gasteiger partial charge in [-0.25, -0.2) is 0 Å². The van der Waals surface area contributed by atoms with E-state index < -0.39 is 0 Å². The molecule has 1 N–H and O–H groups in total. The maximum Gasteiger partial charge on any atom is 0.251 e. The summed E-state index contributed by atoms with van der Waals surface area (Å²) in [6.45, 7) is 7.23. The minimum atomic E-state index is -0.0892. The smallest absolute Gasteiger partial charge is 0.251 e. The number of fused-ring (bicyclic) bond motifs is 1. The fraction of sp³-hybridized carbons (Fsp3) is 0.450. The molecule has 0 radical (unpaired) electrons. The largest absolute Gasteiger partial charge is 0.493 e. The third kappa shape index (κ3) is 4.19. The summed E-state index contributed by atoms with van der Waals surface area (Å²) in [5.74, 6) is 1.14. The first-order chi connectivity index (χ1) is 12.6. The minimum Gasteiger partial charge on any atom is -0.493 e. The summed E-state index contributed by atoms with van der Waals surface area (Å²) in [6, 6.07) is 7.77. The van der Waals surface area contributed by atoms with Crippen LogP contribution in [0, 0.1) is 0 Å². The summed E-state index contributed by atoms with van der Waals surface area (Å²) in [7, 11) is 1.59. The number of amides is 1. The molecule has 0 aliphatic carbocycles. The Labute approximate surface area is 158 Å². The van der Waals surface area contributed by atoms with Gasteiger partial charge in [-0.2, -0.15) is 0 Å². The van der Waals surface area contributed by atoms with Gasteiger partial charge in [0.05, 0.1) is 13.7 Å². The molecule has 0 saturated carbocycles. The maximum absolute atomic E-state index is 12.5. The number of benzene rings is 1. The zero-order valence-electron chi connectivity index (χ0n) is 15.6. The zero-order chi connectivity index (χ0) is 18.5. The average molecular weight is 375 g/mol. The van der Waals surface area contributed by atoms with Crippen molar-refractivity contribution in [1.82, 2.24) is 10.2 Å². The van der Waals surface area contributed by atoms with Gasteiger partial charge in [0.1, 0.15) is 0 Å². The van der Waals surface area contributed by atoms with E-state index in [-0.39, 0.29) is 11.9 Å². The molecule has 1 amide bonds. The van der Waals surface area contributed by atoms with Crippen LogP contribution in [0.2, 0.25) is 0 Å². The number of thiophene rings is 1. The molecule has 1 aromatic carbocycles. The first-order valence-corrected chi connectivity index (χ1v) is 9.88. The van der Waals surface area contributed by atoms with Crippen molar-refractivity contribution in [3.8, 4) is 11.5 Å². The van der Waals surface area contributed by atoms with Gasteiger partial charge in [-0.3, -0.25) is 9.69 Å². The Balaban J connectivity index is 1.57. The lowest BCUT2D eigenvalue weighted by Crippen LogP contribution is -2.44. The van der Waals surface area contributed by atoms with Gasteiger partial charge in [0.25, 0.3) is 5.91 Å². The van der Waals surface area contributed by atoms with E-state index in [1.807, 2.05) is 18.3 Å². The van der Waals surface area contributed by atoms with Crippen LogP contribution in [0.15, 0.2) is 29.6 Å². The van der Waals surface area contributed by atoms with E-state index in [0.29, 0.717) is 30.2 Å². The van der Waals surface area contributed by atoms with Crippen LogP contribution < -0.4 is 14.8 Å². The molecular formula is C20H26N2O3S. The number of carbonyl (C=O) groups is 1. The Morgan fingerprint density at radius 3 is 2.96 bits per heavy atom. The van der Waals surface area contributed by atoms with Crippen LogP contribution in [0.25, 0.3) is 0 Å². The molecule has 1 aliphatic rings. The third-order valence-corrected chi connectivity index (χ3v) is 5.77. The number of ether oxygens (including phenoxy) is 2.